The van der Waals surface area contributed by atoms with Crippen molar-refractivity contribution in [1.29, 1.82) is 0 Å². The Bertz CT molecular complexity index is 1350. The fourth-order valence-electron chi connectivity index (χ4n) is 4.67. The number of rotatable bonds is 2. The third-order valence-corrected chi connectivity index (χ3v) is 6.26. The van der Waals surface area contributed by atoms with Gasteiger partial charge in [-0.3, -0.25) is 19.7 Å². The van der Waals surface area contributed by atoms with Gasteiger partial charge in [0, 0.05) is 35.3 Å². The monoisotopic (exact) mass is 434 g/mol. The first-order valence-electron chi connectivity index (χ1n) is 10.5. The van der Waals surface area contributed by atoms with Gasteiger partial charge in [0.05, 0.1) is 22.1 Å². The molecule has 1 saturated heterocycles. The summed E-state index contributed by atoms with van der Waals surface area (Å²) in [4.78, 5) is 32.6. The van der Waals surface area contributed by atoms with Gasteiger partial charge >= 0.3 is 0 Å². The van der Waals surface area contributed by atoms with E-state index in [1.165, 1.54) is 4.68 Å². The summed E-state index contributed by atoms with van der Waals surface area (Å²) in [6, 6.07) is 12.5. The number of piperidine rings is 1. The van der Waals surface area contributed by atoms with E-state index in [1.807, 2.05) is 23.1 Å². The molecule has 5 rings (SSSR count). The van der Waals surface area contributed by atoms with Crippen LogP contribution in [0.1, 0.15) is 30.6 Å². The zero-order chi connectivity index (χ0) is 21.7. The number of hydrogen-bond donors (Lipinski definition) is 1. The molecule has 1 N–H and O–H groups in total. The normalized spacial score (nSPS) is 19.3. The molecule has 2 aromatic heterocycles. The number of carbonyl (C=O) groups is 1. The lowest BCUT2D eigenvalue weighted by Gasteiger charge is -2.35. The molecule has 1 fully saturated rings. The van der Waals surface area contributed by atoms with Crippen molar-refractivity contribution in [3.05, 3.63) is 69.6 Å². The number of H-pyrrole nitrogens is 1. The summed E-state index contributed by atoms with van der Waals surface area (Å²) in [5, 5.41) is 5.03. The summed E-state index contributed by atoms with van der Waals surface area (Å²) < 4.78 is 1.48. The Morgan fingerprint density at radius 1 is 1.06 bits per heavy atom. The van der Waals surface area contributed by atoms with Gasteiger partial charge in [-0.15, -0.1) is 0 Å². The minimum absolute atomic E-state index is 0.0248. The van der Waals surface area contributed by atoms with E-state index in [9.17, 15) is 9.59 Å². The fourth-order valence-corrected chi connectivity index (χ4v) is 4.80. The summed E-state index contributed by atoms with van der Waals surface area (Å²) >= 11 is 5.98. The second kappa shape index (κ2) is 7.54. The number of aromatic nitrogens is 3. The summed E-state index contributed by atoms with van der Waals surface area (Å²) in [6.07, 6.45) is 2.73. The highest BCUT2D eigenvalue weighted by atomic mass is 35.5. The van der Waals surface area contributed by atoms with E-state index in [0.29, 0.717) is 39.0 Å². The van der Waals surface area contributed by atoms with E-state index in [-0.39, 0.29) is 11.5 Å². The highest BCUT2D eigenvalue weighted by Crippen LogP contribution is 2.26. The van der Waals surface area contributed by atoms with Gasteiger partial charge in [-0.1, -0.05) is 25.4 Å². The van der Waals surface area contributed by atoms with Crippen molar-refractivity contribution in [2.45, 2.75) is 20.3 Å². The Morgan fingerprint density at radius 2 is 1.77 bits per heavy atom. The number of nitrogens with one attached hydrogen (secondary N) is 1. The smallest absolute Gasteiger partial charge is 0.280 e. The second-order valence-corrected chi connectivity index (χ2v) is 9.10. The van der Waals surface area contributed by atoms with Crippen LogP contribution >= 0.6 is 11.6 Å². The lowest BCUT2D eigenvalue weighted by Crippen LogP contribution is -2.42. The Kier molecular flexibility index (Phi) is 4.82. The highest BCUT2D eigenvalue weighted by Gasteiger charge is 2.26. The first-order valence-corrected chi connectivity index (χ1v) is 10.9. The molecular formula is C24H23ClN4O2. The number of nitrogens with zero attached hydrogens (tertiary/aromatic N) is 3. The van der Waals surface area contributed by atoms with Crippen LogP contribution in [0, 0.1) is 11.8 Å². The molecule has 1 amide bonds. The second-order valence-electron chi connectivity index (χ2n) is 8.66. The van der Waals surface area contributed by atoms with Crippen LogP contribution in [0.15, 0.2) is 53.5 Å². The maximum Gasteiger partial charge on any atom is 0.280 e. The summed E-state index contributed by atoms with van der Waals surface area (Å²) in [6.45, 7) is 5.92. The maximum absolute atomic E-state index is 13.2. The molecule has 4 aromatic rings. The van der Waals surface area contributed by atoms with Crippen LogP contribution in [0.2, 0.25) is 5.02 Å². The number of hydrogen-bond acceptors (Lipinski definition) is 3. The van der Waals surface area contributed by atoms with Crippen LogP contribution in [0.4, 0.5) is 0 Å². The quantitative estimate of drug-likeness (QED) is 0.499. The number of pyridine rings is 1. The Hall–Kier alpha value is -3.12. The molecule has 31 heavy (non-hydrogen) atoms. The topological polar surface area (TPSA) is 71.0 Å². The van der Waals surface area contributed by atoms with E-state index in [4.69, 9.17) is 11.6 Å². The third kappa shape index (κ3) is 3.51. The molecule has 1 aliphatic rings. The molecule has 2 atom stereocenters. The van der Waals surface area contributed by atoms with Crippen LogP contribution in [0.3, 0.4) is 0 Å². The van der Waals surface area contributed by atoms with Crippen LogP contribution < -0.4 is 5.56 Å². The molecule has 1 aliphatic heterocycles. The lowest BCUT2D eigenvalue weighted by atomic mass is 9.91. The van der Waals surface area contributed by atoms with Crippen molar-refractivity contribution in [2.75, 3.05) is 13.1 Å². The van der Waals surface area contributed by atoms with E-state index in [0.717, 1.165) is 30.4 Å². The van der Waals surface area contributed by atoms with Crippen molar-refractivity contribution < 1.29 is 4.79 Å². The summed E-state index contributed by atoms with van der Waals surface area (Å²) in [5.41, 5.74) is 2.50. The van der Waals surface area contributed by atoms with Crippen molar-refractivity contribution in [3.63, 3.8) is 0 Å². The molecule has 2 aromatic carbocycles. The highest BCUT2D eigenvalue weighted by molar-refractivity contribution is 6.30. The Morgan fingerprint density at radius 3 is 2.48 bits per heavy atom. The fraction of sp³-hybridized carbons (Fsp3) is 0.292. The van der Waals surface area contributed by atoms with E-state index < -0.39 is 0 Å². The van der Waals surface area contributed by atoms with E-state index in [2.05, 4.69) is 23.9 Å². The largest absolute Gasteiger partial charge is 0.338 e. The Balaban J connectivity index is 1.61. The van der Waals surface area contributed by atoms with Gasteiger partial charge < -0.3 is 4.90 Å². The number of amides is 1. The van der Waals surface area contributed by atoms with Crippen LogP contribution in [-0.2, 0) is 0 Å². The molecular weight excluding hydrogens is 412 g/mol. The van der Waals surface area contributed by atoms with Crippen molar-refractivity contribution in [2.24, 2.45) is 11.8 Å². The van der Waals surface area contributed by atoms with Gasteiger partial charge in [0.2, 0.25) is 0 Å². The molecule has 3 heterocycles. The summed E-state index contributed by atoms with van der Waals surface area (Å²) in [7, 11) is 0. The van der Waals surface area contributed by atoms with Crippen LogP contribution in [-0.4, -0.2) is 38.7 Å². The average molecular weight is 435 g/mol. The van der Waals surface area contributed by atoms with Gasteiger partial charge in [-0.25, -0.2) is 4.68 Å². The zero-order valence-electron chi connectivity index (χ0n) is 17.4. The van der Waals surface area contributed by atoms with Gasteiger partial charge in [-0.05, 0) is 60.7 Å². The van der Waals surface area contributed by atoms with Crippen molar-refractivity contribution >= 4 is 39.3 Å². The van der Waals surface area contributed by atoms with Crippen LogP contribution in [0.25, 0.3) is 27.5 Å². The van der Waals surface area contributed by atoms with Gasteiger partial charge in [-0.2, -0.15) is 0 Å². The minimum Gasteiger partial charge on any atom is -0.338 e. The lowest BCUT2D eigenvalue weighted by molar-refractivity contribution is 0.0623. The number of benzene rings is 2. The zero-order valence-corrected chi connectivity index (χ0v) is 18.2. The standard InChI is InChI=1S/C24H23ClN4O2/c1-14-9-15(2)13-28(12-14)23(30)16-3-8-21-19(10-16)22-20(11-26-21)24(31)29(27-22)18-6-4-17(25)5-7-18/h3-8,10-11,14-15,27H,9,12-13H2,1-2H3. The van der Waals surface area contributed by atoms with Crippen LogP contribution in [0.5, 0.6) is 0 Å². The van der Waals surface area contributed by atoms with Crippen molar-refractivity contribution in [1.82, 2.24) is 19.7 Å². The molecule has 6 nitrogen and oxygen atoms in total. The number of fused-ring (bicyclic) bond motifs is 3. The molecule has 0 aliphatic carbocycles. The first-order chi connectivity index (χ1) is 14.9. The van der Waals surface area contributed by atoms with Gasteiger partial charge in [0.1, 0.15) is 0 Å². The number of likely N-dealkylation sites (tertiary alicyclic amines) is 1. The number of aromatic amines is 1. The predicted molar refractivity (Wildman–Crippen MR) is 123 cm³/mol. The molecule has 2 unspecified atom stereocenters. The average Bonchev–Trinajstić information content (AvgIpc) is 3.09. The summed E-state index contributed by atoms with van der Waals surface area (Å²) in [5.74, 6) is 1.01. The number of halogens is 1. The predicted octanol–water partition coefficient (Wildman–Crippen LogP) is 4.64. The molecule has 0 saturated carbocycles. The third-order valence-electron chi connectivity index (χ3n) is 6.01. The van der Waals surface area contributed by atoms with E-state index >= 15 is 0 Å². The molecule has 7 heteroatoms. The molecule has 0 radical (unpaired) electrons. The number of carbonyl (C=O) groups excluding carboxylic acids is 1. The minimum atomic E-state index is -0.192. The van der Waals surface area contributed by atoms with Crippen molar-refractivity contribution in [3.8, 4) is 5.69 Å². The van der Waals surface area contributed by atoms with E-state index in [1.54, 1.807) is 30.5 Å². The molecule has 0 spiro atoms. The van der Waals surface area contributed by atoms with Gasteiger partial charge in [0.15, 0.2) is 0 Å². The Labute approximate surface area is 184 Å². The van der Waals surface area contributed by atoms with Gasteiger partial charge in [0.25, 0.3) is 11.5 Å². The molecule has 0 bridgehead atoms. The maximum atomic E-state index is 13.2. The SMILES string of the molecule is CC1CC(C)CN(C(=O)c2ccc3ncc4c(=O)n(-c5ccc(Cl)cc5)[nH]c4c3c2)C1. The first kappa shape index (κ1) is 19.8. The molecule has 158 valence electrons.